The second-order valence-electron chi connectivity index (χ2n) is 7.73. The molecule has 3 heterocycles. The lowest BCUT2D eigenvalue weighted by Crippen LogP contribution is -2.31. The van der Waals surface area contributed by atoms with Crippen LogP contribution >= 0.6 is 34.8 Å². The van der Waals surface area contributed by atoms with Gasteiger partial charge in [0.05, 0.1) is 16.7 Å². The van der Waals surface area contributed by atoms with Gasteiger partial charge in [-0.2, -0.15) is 0 Å². The Kier molecular flexibility index (Phi) is 5.99. The number of hydrogen-bond acceptors (Lipinski definition) is 6. The lowest BCUT2D eigenvalue weighted by atomic mass is 10.0. The zero-order valence-electron chi connectivity index (χ0n) is 17.4. The van der Waals surface area contributed by atoms with Crippen molar-refractivity contribution in [1.82, 2.24) is 19.5 Å². The van der Waals surface area contributed by atoms with Gasteiger partial charge in [-0.05, 0) is 38.1 Å². The Balaban J connectivity index is 1.80. The molecule has 32 heavy (non-hydrogen) atoms. The Morgan fingerprint density at radius 1 is 1.00 bits per heavy atom. The zero-order valence-corrected chi connectivity index (χ0v) is 19.7. The summed E-state index contributed by atoms with van der Waals surface area (Å²) in [5.74, 6) is 0.607. The molecule has 3 aromatic heterocycles. The normalized spacial score (nSPS) is 11.6. The number of rotatable bonds is 5. The second kappa shape index (κ2) is 8.58. The van der Waals surface area contributed by atoms with Crippen molar-refractivity contribution in [2.45, 2.75) is 19.4 Å². The van der Waals surface area contributed by atoms with Crippen LogP contribution in [-0.4, -0.2) is 19.5 Å². The first-order valence-corrected chi connectivity index (χ1v) is 10.8. The molecular formula is C22H19Cl3N6O. The fraction of sp³-hybridized carbons (Fsp3) is 0.182. The summed E-state index contributed by atoms with van der Waals surface area (Å²) in [4.78, 5) is 25.2. The molecule has 0 bridgehead atoms. The van der Waals surface area contributed by atoms with Crippen molar-refractivity contribution < 1.29 is 0 Å². The minimum absolute atomic E-state index is 0.108. The number of anilines is 3. The van der Waals surface area contributed by atoms with Crippen LogP contribution in [0.2, 0.25) is 15.3 Å². The van der Waals surface area contributed by atoms with Crippen LogP contribution in [0.1, 0.15) is 19.7 Å². The lowest BCUT2D eigenvalue weighted by Gasteiger charge is -2.27. The molecule has 0 aliphatic rings. The van der Waals surface area contributed by atoms with Gasteiger partial charge >= 0.3 is 0 Å². The summed E-state index contributed by atoms with van der Waals surface area (Å²) in [5.41, 5.74) is 1.90. The standard InChI is InChI=1S/C22H19Cl3N6O/c1-22(2,21-26-7-4-8-27-21)30-14-11-18(32)31(3)16-6-5-12(9-13(14)16)28-15-10-17(23)29-20(25)19(15)24/h4-11,30H,1-3H3,(H,28,29). The average Bonchev–Trinajstić information content (AvgIpc) is 2.76. The molecule has 10 heteroatoms. The smallest absolute Gasteiger partial charge is 0.252 e. The van der Waals surface area contributed by atoms with Gasteiger partial charge in [-0.25, -0.2) is 15.0 Å². The van der Waals surface area contributed by atoms with Gasteiger partial charge in [-0.3, -0.25) is 4.79 Å². The fourth-order valence-electron chi connectivity index (χ4n) is 3.37. The highest BCUT2D eigenvalue weighted by molar-refractivity contribution is 6.43. The van der Waals surface area contributed by atoms with Gasteiger partial charge < -0.3 is 15.2 Å². The maximum absolute atomic E-state index is 12.6. The average molecular weight is 490 g/mol. The number of nitrogens with one attached hydrogen (secondary N) is 2. The van der Waals surface area contributed by atoms with Crippen molar-refractivity contribution >= 4 is 62.8 Å². The number of fused-ring (bicyclic) bond motifs is 1. The van der Waals surface area contributed by atoms with E-state index in [9.17, 15) is 4.79 Å². The van der Waals surface area contributed by atoms with E-state index in [4.69, 9.17) is 34.8 Å². The highest BCUT2D eigenvalue weighted by atomic mass is 35.5. The quantitative estimate of drug-likeness (QED) is 0.346. The maximum Gasteiger partial charge on any atom is 0.252 e. The van der Waals surface area contributed by atoms with Gasteiger partial charge in [-0.15, -0.1) is 0 Å². The van der Waals surface area contributed by atoms with Crippen LogP contribution < -0.4 is 16.2 Å². The Hall–Kier alpha value is -2.87. The predicted molar refractivity (Wildman–Crippen MR) is 130 cm³/mol. The van der Waals surface area contributed by atoms with Gasteiger partial charge in [0, 0.05) is 48.3 Å². The molecule has 0 saturated heterocycles. The van der Waals surface area contributed by atoms with Crippen LogP contribution in [0.5, 0.6) is 0 Å². The van der Waals surface area contributed by atoms with Crippen molar-refractivity contribution in [2.24, 2.45) is 7.05 Å². The molecule has 4 aromatic rings. The predicted octanol–water partition coefficient (Wildman–Crippen LogP) is 5.77. The van der Waals surface area contributed by atoms with Gasteiger partial charge in [0.1, 0.15) is 10.2 Å². The van der Waals surface area contributed by atoms with Crippen molar-refractivity contribution in [3.63, 3.8) is 0 Å². The largest absolute Gasteiger partial charge is 0.372 e. The molecule has 0 spiro atoms. The minimum Gasteiger partial charge on any atom is -0.372 e. The minimum atomic E-state index is -0.626. The lowest BCUT2D eigenvalue weighted by molar-refractivity contribution is 0.563. The van der Waals surface area contributed by atoms with Crippen LogP contribution in [0.3, 0.4) is 0 Å². The first-order valence-electron chi connectivity index (χ1n) is 9.64. The highest BCUT2D eigenvalue weighted by Gasteiger charge is 2.24. The summed E-state index contributed by atoms with van der Waals surface area (Å²) in [6.45, 7) is 3.91. The van der Waals surface area contributed by atoms with E-state index in [1.54, 1.807) is 42.2 Å². The van der Waals surface area contributed by atoms with E-state index in [1.165, 1.54) is 0 Å². The molecule has 0 fully saturated rings. The zero-order chi connectivity index (χ0) is 23.0. The number of hydrogen-bond donors (Lipinski definition) is 2. The molecular weight excluding hydrogens is 471 g/mol. The summed E-state index contributed by atoms with van der Waals surface area (Å²) in [5, 5.41) is 8.05. The Morgan fingerprint density at radius 2 is 1.72 bits per heavy atom. The molecule has 0 aliphatic heterocycles. The number of pyridine rings is 2. The molecule has 7 nitrogen and oxygen atoms in total. The van der Waals surface area contributed by atoms with E-state index in [1.807, 2.05) is 32.0 Å². The number of aryl methyl sites for hydroxylation is 1. The first kappa shape index (κ1) is 22.3. The van der Waals surface area contributed by atoms with Gasteiger partial charge in [0.2, 0.25) is 0 Å². The van der Waals surface area contributed by atoms with E-state index in [-0.39, 0.29) is 20.9 Å². The van der Waals surface area contributed by atoms with Crippen LogP contribution in [0.15, 0.2) is 53.6 Å². The molecule has 2 N–H and O–H groups in total. The molecule has 0 atom stereocenters. The molecule has 4 rings (SSSR count). The summed E-state index contributed by atoms with van der Waals surface area (Å²) in [7, 11) is 1.73. The van der Waals surface area contributed by atoms with Crippen LogP contribution in [0, 0.1) is 0 Å². The molecule has 0 amide bonds. The van der Waals surface area contributed by atoms with Crippen LogP contribution in [0.4, 0.5) is 17.1 Å². The van der Waals surface area contributed by atoms with Gasteiger partial charge in [-0.1, -0.05) is 34.8 Å². The van der Waals surface area contributed by atoms with Crippen molar-refractivity contribution in [1.29, 1.82) is 0 Å². The number of nitrogens with zero attached hydrogens (tertiary/aromatic N) is 4. The third kappa shape index (κ3) is 4.37. The molecule has 0 saturated carbocycles. The van der Waals surface area contributed by atoms with Gasteiger partial charge in [0.15, 0.2) is 11.0 Å². The van der Waals surface area contributed by atoms with E-state index >= 15 is 0 Å². The molecule has 1 aromatic carbocycles. The molecule has 0 radical (unpaired) electrons. The Morgan fingerprint density at radius 3 is 2.44 bits per heavy atom. The number of halogens is 3. The van der Waals surface area contributed by atoms with E-state index < -0.39 is 5.54 Å². The highest BCUT2D eigenvalue weighted by Crippen LogP contribution is 2.35. The van der Waals surface area contributed by atoms with Crippen LogP contribution in [0.25, 0.3) is 10.9 Å². The summed E-state index contributed by atoms with van der Waals surface area (Å²) in [6.07, 6.45) is 3.37. The first-order chi connectivity index (χ1) is 15.2. The molecule has 0 unspecified atom stereocenters. The third-order valence-corrected chi connectivity index (χ3v) is 5.93. The second-order valence-corrected chi connectivity index (χ2v) is 8.86. The fourth-order valence-corrected chi connectivity index (χ4v) is 3.95. The summed E-state index contributed by atoms with van der Waals surface area (Å²) < 4.78 is 1.59. The molecule has 164 valence electrons. The van der Waals surface area contributed by atoms with E-state index in [0.717, 1.165) is 16.6 Å². The van der Waals surface area contributed by atoms with E-state index in [0.29, 0.717) is 17.2 Å². The summed E-state index contributed by atoms with van der Waals surface area (Å²) >= 11 is 18.3. The maximum atomic E-state index is 12.6. The van der Waals surface area contributed by atoms with Crippen molar-refractivity contribution in [2.75, 3.05) is 10.6 Å². The molecule has 0 aliphatic carbocycles. The topological polar surface area (TPSA) is 84.7 Å². The number of benzene rings is 1. The van der Waals surface area contributed by atoms with E-state index in [2.05, 4.69) is 25.6 Å². The van der Waals surface area contributed by atoms with Gasteiger partial charge in [0.25, 0.3) is 5.56 Å². The number of aromatic nitrogens is 4. The Bertz CT molecular complexity index is 1370. The monoisotopic (exact) mass is 488 g/mol. The SMILES string of the molecule is Cn1c(=O)cc(NC(C)(C)c2ncccn2)c2cc(Nc3cc(Cl)nc(Cl)c3Cl)ccc21. The van der Waals surface area contributed by atoms with Crippen molar-refractivity contribution in [3.05, 3.63) is 80.3 Å². The van der Waals surface area contributed by atoms with Crippen LogP contribution in [-0.2, 0) is 12.6 Å². The Labute approximate surface area is 199 Å². The van der Waals surface area contributed by atoms with Crippen molar-refractivity contribution in [3.8, 4) is 0 Å². The third-order valence-electron chi connectivity index (χ3n) is 4.98. The summed E-state index contributed by atoms with van der Waals surface area (Å²) in [6, 6.07) is 10.5.